The molecule has 0 aromatic heterocycles. The summed E-state index contributed by atoms with van der Waals surface area (Å²) < 4.78 is 16.4. The third-order valence-corrected chi connectivity index (χ3v) is 5.24. The van der Waals surface area contributed by atoms with Crippen LogP contribution in [-0.2, 0) is 9.53 Å². The smallest absolute Gasteiger partial charge is 0.244 e. The number of ether oxygens (including phenoxy) is 3. The molecule has 0 spiro atoms. The van der Waals surface area contributed by atoms with Crippen molar-refractivity contribution >= 4 is 11.6 Å². The van der Waals surface area contributed by atoms with E-state index in [0.717, 1.165) is 23.5 Å². The van der Waals surface area contributed by atoms with Gasteiger partial charge in [-0.15, -0.1) is 0 Å². The molecule has 130 valence electrons. The minimum Gasteiger partial charge on any atom is -0.454 e. The standard InChI is InChI=1S/C18H24N2O4/c1-12-8-16-17(24-11-23-16)9-14(12)19-18(21)15-10-22-7-6-20(15)13-4-2-3-5-13/h8-9,13,15H,2-7,10-11H2,1H3,(H,19,21). The lowest BCUT2D eigenvalue weighted by Gasteiger charge is -2.38. The summed E-state index contributed by atoms with van der Waals surface area (Å²) in [5.41, 5.74) is 1.75. The molecular weight excluding hydrogens is 308 g/mol. The number of benzene rings is 1. The largest absolute Gasteiger partial charge is 0.454 e. The van der Waals surface area contributed by atoms with Gasteiger partial charge >= 0.3 is 0 Å². The van der Waals surface area contributed by atoms with E-state index in [-0.39, 0.29) is 18.7 Å². The molecule has 1 unspecified atom stereocenters. The van der Waals surface area contributed by atoms with Crippen molar-refractivity contribution in [3.63, 3.8) is 0 Å². The average molecular weight is 332 g/mol. The number of morpholine rings is 1. The predicted molar refractivity (Wildman–Crippen MR) is 89.5 cm³/mol. The zero-order valence-electron chi connectivity index (χ0n) is 14.0. The van der Waals surface area contributed by atoms with Gasteiger partial charge in [-0.2, -0.15) is 0 Å². The van der Waals surface area contributed by atoms with E-state index in [0.29, 0.717) is 25.0 Å². The van der Waals surface area contributed by atoms with E-state index in [1.54, 1.807) is 0 Å². The fraction of sp³-hybridized carbons (Fsp3) is 0.611. The van der Waals surface area contributed by atoms with Crippen LogP contribution in [0.5, 0.6) is 11.5 Å². The number of hydrogen-bond donors (Lipinski definition) is 1. The SMILES string of the molecule is Cc1cc2c(cc1NC(=O)C1COCCN1C1CCCC1)OCO2. The number of nitrogens with one attached hydrogen (secondary N) is 1. The van der Waals surface area contributed by atoms with Gasteiger partial charge in [-0.25, -0.2) is 0 Å². The monoisotopic (exact) mass is 332 g/mol. The molecule has 1 aromatic carbocycles. The first-order chi connectivity index (χ1) is 11.7. The fourth-order valence-electron chi connectivity index (χ4n) is 3.91. The molecule has 2 aliphatic heterocycles. The van der Waals surface area contributed by atoms with Gasteiger partial charge < -0.3 is 19.5 Å². The number of carbonyl (C=O) groups is 1. The zero-order chi connectivity index (χ0) is 16.5. The maximum absolute atomic E-state index is 12.9. The lowest BCUT2D eigenvalue weighted by molar-refractivity contribution is -0.129. The van der Waals surface area contributed by atoms with E-state index < -0.39 is 0 Å². The quantitative estimate of drug-likeness (QED) is 0.920. The molecule has 0 bridgehead atoms. The Balaban J connectivity index is 1.50. The van der Waals surface area contributed by atoms with Crippen LogP contribution in [-0.4, -0.2) is 49.4 Å². The van der Waals surface area contributed by atoms with Crippen molar-refractivity contribution in [1.82, 2.24) is 4.90 Å². The number of aryl methyl sites for hydroxylation is 1. The highest BCUT2D eigenvalue weighted by Crippen LogP contribution is 2.37. The Hall–Kier alpha value is -1.79. The molecule has 1 amide bonds. The van der Waals surface area contributed by atoms with E-state index >= 15 is 0 Å². The third-order valence-electron chi connectivity index (χ3n) is 5.24. The van der Waals surface area contributed by atoms with E-state index in [1.807, 2.05) is 19.1 Å². The number of carbonyl (C=O) groups excluding carboxylic acids is 1. The van der Waals surface area contributed by atoms with Gasteiger partial charge in [-0.3, -0.25) is 9.69 Å². The average Bonchev–Trinajstić information content (AvgIpc) is 3.26. The van der Waals surface area contributed by atoms with Crippen LogP contribution in [0.4, 0.5) is 5.69 Å². The summed E-state index contributed by atoms with van der Waals surface area (Å²) >= 11 is 0. The molecule has 1 N–H and O–H groups in total. The van der Waals surface area contributed by atoms with Gasteiger partial charge in [0, 0.05) is 24.3 Å². The van der Waals surface area contributed by atoms with E-state index in [1.165, 1.54) is 25.7 Å². The number of nitrogens with zero attached hydrogens (tertiary/aromatic N) is 1. The Morgan fingerprint density at radius 3 is 2.75 bits per heavy atom. The van der Waals surface area contributed by atoms with Crippen molar-refractivity contribution in [1.29, 1.82) is 0 Å². The molecule has 24 heavy (non-hydrogen) atoms. The molecule has 1 saturated heterocycles. The molecular formula is C18H24N2O4. The number of hydrogen-bond acceptors (Lipinski definition) is 5. The third kappa shape index (κ3) is 2.96. The second kappa shape index (κ2) is 6.61. The van der Waals surface area contributed by atoms with E-state index in [2.05, 4.69) is 10.2 Å². The van der Waals surface area contributed by atoms with E-state index in [9.17, 15) is 4.79 Å². The molecule has 2 fully saturated rings. The van der Waals surface area contributed by atoms with Crippen LogP contribution in [0.15, 0.2) is 12.1 Å². The first-order valence-electron chi connectivity index (χ1n) is 8.77. The summed E-state index contributed by atoms with van der Waals surface area (Å²) in [5, 5.41) is 3.07. The molecule has 4 rings (SSSR count). The normalized spacial score (nSPS) is 24.3. The highest BCUT2D eigenvalue weighted by Gasteiger charge is 2.35. The molecule has 6 heteroatoms. The van der Waals surface area contributed by atoms with Gasteiger partial charge in [0.2, 0.25) is 12.7 Å². The van der Waals surface area contributed by atoms with E-state index in [4.69, 9.17) is 14.2 Å². The van der Waals surface area contributed by atoms with Crippen molar-refractivity contribution in [2.24, 2.45) is 0 Å². The predicted octanol–water partition coefficient (Wildman–Crippen LogP) is 2.31. The summed E-state index contributed by atoms with van der Waals surface area (Å²) in [6, 6.07) is 4.05. The summed E-state index contributed by atoms with van der Waals surface area (Å²) in [6.07, 6.45) is 4.90. The van der Waals surface area contributed by atoms with Crippen LogP contribution in [0.25, 0.3) is 0 Å². The molecule has 1 saturated carbocycles. The van der Waals surface area contributed by atoms with Crippen molar-refractivity contribution in [2.45, 2.75) is 44.7 Å². The van der Waals surface area contributed by atoms with Crippen LogP contribution in [0.2, 0.25) is 0 Å². The first kappa shape index (κ1) is 15.7. The summed E-state index contributed by atoms with van der Waals surface area (Å²) in [7, 11) is 0. The summed E-state index contributed by atoms with van der Waals surface area (Å²) in [4.78, 5) is 15.2. The van der Waals surface area contributed by atoms with Crippen LogP contribution in [0, 0.1) is 6.92 Å². The minimum absolute atomic E-state index is 0.00330. The zero-order valence-corrected chi connectivity index (χ0v) is 14.0. The lowest BCUT2D eigenvalue weighted by atomic mass is 10.1. The van der Waals surface area contributed by atoms with Crippen LogP contribution in [0.1, 0.15) is 31.2 Å². The van der Waals surface area contributed by atoms with Crippen molar-refractivity contribution in [2.75, 3.05) is 31.9 Å². The molecule has 1 aromatic rings. The number of amides is 1. The summed E-state index contributed by atoms with van der Waals surface area (Å²) in [5.74, 6) is 1.42. The van der Waals surface area contributed by atoms with Gasteiger partial charge in [0.25, 0.3) is 0 Å². The summed E-state index contributed by atoms with van der Waals surface area (Å²) in [6.45, 7) is 4.21. The van der Waals surface area contributed by atoms with Crippen LogP contribution >= 0.6 is 0 Å². The fourth-order valence-corrected chi connectivity index (χ4v) is 3.91. The number of fused-ring (bicyclic) bond motifs is 1. The molecule has 2 heterocycles. The maximum atomic E-state index is 12.9. The minimum atomic E-state index is -0.216. The van der Waals surface area contributed by atoms with Crippen molar-refractivity contribution in [3.8, 4) is 11.5 Å². The molecule has 3 aliphatic rings. The van der Waals surface area contributed by atoms with Gasteiger partial charge in [0.1, 0.15) is 6.04 Å². The lowest BCUT2D eigenvalue weighted by Crippen LogP contribution is -2.55. The first-order valence-corrected chi connectivity index (χ1v) is 8.77. The molecule has 1 aliphatic carbocycles. The Kier molecular flexibility index (Phi) is 4.33. The van der Waals surface area contributed by atoms with Gasteiger partial charge in [0.15, 0.2) is 11.5 Å². The highest BCUT2D eigenvalue weighted by atomic mass is 16.7. The van der Waals surface area contributed by atoms with Crippen molar-refractivity contribution < 1.29 is 19.0 Å². The highest BCUT2D eigenvalue weighted by molar-refractivity contribution is 5.96. The molecule has 6 nitrogen and oxygen atoms in total. The van der Waals surface area contributed by atoms with Crippen LogP contribution < -0.4 is 14.8 Å². The van der Waals surface area contributed by atoms with Crippen molar-refractivity contribution in [3.05, 3.63) is 17.7 Å². The van der Waals surface area contributed by atoms with Gasteiger partial charge in [-0.05, 0) is 31.4 Å². The van der Waals surface area contributed by atoms with Gasteiger partial charge in [0.05, 0.1) is 13.2 Å². The van der Waals surface area contributed by atoms with Crippen LogP contribution in [0.3, 0.4) is 0 Å². The Morgan fingerprint density at radius 1 is 1.21 bits per heavy atom. The number of rotatable bonds is 3. The Morgan fingerprint density at radius 2 is 1.96 bits per heavy atom. The topological polar surface area (TPSA) is 60.0 Å². The second-order valence-corrected chi connectivity index (χ2v) is 6.78. The Labute approximate surface area is 142 Å². The van der Waals surface area contributed by atoms with Gasteiger partial charge in [-0.1, -0.05) is 12.8 Å². The molecule has 0 radical (unpaired) electrons. The maximum Gasteiger partial charge on any atom is 0.244 e. The number of anilines is 1. The molecule has 1 atom stereocenters. The second-order valence-electron chi connectivity index (χ2n) is 6.78. The Bertz CT molecular complexity index is 628.